The third-order valence-electron chi connectivity index (χ3n) is 11.8. The molecule has 0 spiro atoms. The molecule has 0 bridgehead atoms. The molecule has 0 radical (unpaired) electrons. The lowest BCUT2D eigenvalue weighted by Crippen LogP contribution is -2.08. The zero-order valence-electron chi connectivity index (χ0n) is 39.0. The number of hydrogen-bond donors (Lipinski definition) is 1. The smallest absolute Gasteiger partial charge is 0.209 e. The summed E-state index contributed by atoms with van der Waals surface area (Å²) in [6, 6.07) is 57.2. The number of carbonyl (C=O) groups excluding carboxylic acids is 2. The average Bonchev–Trinajstić information content (AvgIpc) is 3.95. The number of carbonyl (C=O) groups is 2. The van der Waals surface area contributed by atoms with Crippen LogP contribution in [0.25, 0.3) is 10.8 Å². The summed E-state index contributed by atoms with van der Waals surface area (Å²) < 4.78 is 7.37. The number of aryl methyl sites for hydroxylation is 1. The van der Waals surface area contributed by atoms with Crippen LogP contribution in [0.2, 0.25) is 10.0 Å². The summed E-state index contributed by atoms with van der Waals surface area (Å²) in [4.78, 5) is 24.6. The van der Waals surface area contributed by atoms with E-state index in [1.807, 2.05) is 127 Å². The number of para-hydroxylation sites is 2. The van der Waals surface area contributed by atoms with Crippen molar-refractivity contribution >= 4 is 56.9 Å². The number of halogens is 2. The molecule has 1 N–H and O–H groups in total. The lowest BCUT2D eigenvalue weighted by atomic mass is 9.97. The number of benzene rings is 7. The van der Waals surface area contributed by atoms with Gasteiger partial charge in [0.2, 0.25) is 5.78 Å². The van der Waals surface area contributed by atoms with Gasteiger partial charge < -0.3 is 14.6 Å². The topological polar surface area (TPSA) is 60.3 Å². The van der Waals surface area contributed by atoms with Crippen LogP contribution in [0.15, 0.2) is 176 Å². The van der Waals surface area contributed by atoms with Crippen molar-refractivity contribution in [1.82, 2.24) is 4.57 Å². The van der Waals surface area contributed by atoms with Gasteiger partial charge in [0, 0.05) is 34.6 Å². The monoisotopic (exact) mass is 914 g/mol. The molecule has 1 aliphatic rings. The third kappa shape index (κ3) is 12.7. The Kier molecular flexibility index (Phi) is 17.6. The van der Waals surface area contributed by atoms with E-state index in [9.17, 15) is 9.59 Å². The van der Waals surface area contributed by atoms with Crippen LogP contribution in [0.1, 0.15) is 120 Å². The van der Waals surface area contributed by atoms with Crippen LogP contribution in [-0.4, -0.2) is 23.2 Å². The molecule has 0 saturated carbocycles. The van der Waals surface area contributed by atoms with Crippen molar-refractivity contribution in [2.75, 3.05) is 12.4 Å². The fraction of sp³-hybridized carbons (Fsp3) is 0.220. The number of aromatic nitrogens is 1. The number of ether oxygens (including phenoxy) is 1. The molecule has 9 rings (SSSR count). The molecule has 1 unspecified atom stereocenters. The summed E-state index contributed by atoms with van der Waals surface area (Å²) >= 11 is 12.3. The molecule has 0 saturated heterocycles. The number of ketones is 2. The van der Waals surface area contributed by atoms with Gasteiger partial charge in [-0.15, -0.1) is 0 Å². The van der Waals surface area contributed by atoms with Crippen LogP contribution in [0.4, 0.5) is 11.4 Å². The van der Waals surface area contributed by atoms with E-state index < -0.39 is 0 Å². The fourth-order valence-corrected chi connectivity index (χ4v) is 8.29. The van der Waals surface area contributed by atoms with E-state index in [0.29, 0.717) is 27.8 Å². The van der Waals surface area contributed by atoms with Crippen molar-refractivity contribution < 1.29 is 14.3 Å². The number of anilines is 2. The van der Waals surface area contributed by atoms with E-state index in [0.717, 1.165) is 58.9 Å². The normalized spacial score (nSPS) is 12.5. The Morgan fingerprint density at radius 1 is 0.621 bits per heavy atom. The van der Waals surface area contributed by atoms with E-state index in [1.165, 1.54) is 33.2 Å². The van der Waals surface area contributed by atoms with Gasteiger partial charge in [-0.1, -0.05) is 192 Å². The van der Waals surface area contributed by atoms with Gasteiger partial charge in [-0.2, -0.15) is 0 Å². The van der Waals surface area contributed by atoms with Gasteiger partial charge in [-0.3, -0.25) is 9.59 Å². The zero-order chi connectivity index (χ0) is 47.2. The number of nitrogens with one attached hydrogen (secondary N) is 1. The van der Waals surface area contributed by atoms with Crippen molar-refractivity contribution in [3.05, 3.63) is 231 Å². The van der Waals surface area contributed by atoms with Gasteiger partial charge in [0.15, 0.2) is 5.78 Å². The Bertz CT molecular complexity index is 2830. The quantitative estimate of drug-likeness (QED) is 0.139. The van der Waals surface area contributed by atoms with Crippen molar-refractivity contribution in [2.45, 2.75) is 78.7 Å². The Morgan fingerprint density at radius 2 is 1.18 bits per heavy atom. The molecule has 338 valence electrons. The predicted octanol–water partition coefficient (Wildman–Crippen LogP) is 16.5. The molecule has 7 aromatic carbocycles. The number of nitrogens with zero attached hydrogens (tertiary/aromatic N) is 1. The Hall–Kier alpha value is -6.40. The minimum absolute atomic E-state index is 0.0908. The molecule has 0 amide bonds. The predicted molar refractivity (Wildman–Crippen MR) is 278 cm³/mol. The SMILES string of the molecule is CC(C)c1cccc(C(=O)c2ccccc2)c1.CC1CCn2c(C(=O)c3ccccc3)ccc21.CCc1ccccc1Nc1c(Cl)cccc1Cl.COc1ccc2cc(C(C)C)ccc2c1. The number of rotatable bonds is 10. The highest BCUT2D eigenvalue weighted by molar-refractivity contribution is 6.39. The summed E-state index contributed by atoms with van der Waals surface area (Å²) in [5, 5.41) is 7.07. The molecule has 66 heavy (non-hydrogen) atoms. The van der Waals surface area contributed by atoms with Crippen molar-refractivity contribution in [3.63, 3.8) is 0 Å². The molecule has 8 aromatic rings. The summed E-state index contributed by atoms with van der Waals surface area (Å²) in [7, 11) is 1.70. The molecule has 0 fully saturated rings. The lowest BCUT2D eigenvalue weighted by Gasteiger charge is -2.13. The van der Waals surface area contributed by atoms with Crippen LogP contribution >= 0.6 is 23.2 Å². The summed E-state index contributed by atoms with van der Waals surface area (Å²) in [5.41, 5.74) is 10.0. The summed E-state index contributed by atoms with van der Waals surface area (Å²) in [6.07, 6.45) is 2.11. The van der Waals surface area contributed by atoms with Crippen LogP contribution in [0.5, 0.6) is 5.75 Å². The molecule has 5 nitrogen and oxygen atoms in total. The van der Waals surface area contributed by atoms with Crippen LogP contribution in [-0.2, 0) is 13.0 Å². The summed E-state index contributed by atoms with van der Waals surface area (Å²) in [5.74, 6) is 2.74. The van der Waals surface area contributed by atoms with Gasteiger partial charge >= 0.3 is 0 Å². The molecule has 1 aliphatic heterocycles. The molecule has 0 aliphatic carbocycles. The fourth-order valence-electron chi connectivity index (χ4n) is 7.80. The Balaban J connectivity index is 0.000000146. The summed E-state index contributed by atoms with van der Waals surface area (Å²) in [6.45, 7) is 14.0. The Morgan fingerprint density at radius 3 is 1.82 bits per heavy atom. The zero-order valence-corrected chi connectivity index (χ0v) is 40.5. The van der Waals surface area contributed by atoms with Gasteiger partial charge in [-0.25, -0.2) is 0 Å². The lowest BCUT2D eigenvalue weighted by molar-refractivity contribution is 0.102. The molecular formula is C59H60Cl2N2O3. The third-order valence-corrected chi connectivity index (χ3v) is 12.4. The molecular weight excluding hydrogens is 856 g/mol. The Labute approximate surface area is 401 Å². The van der Waals surface area contributed by atoms with E-state index >= 15 is 0 Å². The number of methoxy groups -OCH3 is 1. The first-order valence-corrected chi connectivity index (χ1v) is 23.5. The number of fused-ring (bicyclic) bond motifs is 2. The maximum absolute atomic E-state index is 12.4. The average molecular weight is 916 g/mol. The van der Waals surface area contributed by atoms with Gasteiger partial charge in [0.1, 0.15) is 5.75 Å². The highest BCUT2D eigenvalue weighted by Gasteiger charge is 2.24. The van der Waals surface area contributed by atoms with Crippen molar-refractivity contribution in [2.24, 2.45) is 0 Å². The minimum Gasteiger partial charge on any atom is -0.497 e. The minimum atomic E-state index is 0.0908. The second-order valence-electron chi connectivity index (χ2n) is 17.0. The maximum Gasteiger partial charge on any atom is 0.209 e. The first-order valence-electron chi connectivity index (χ1n) is 22.7. The van der Waals surface area contributed by atoms with E-state index in [4.69, 9.17) is 27.9 Å². The van der Waals surface area contributed by atoms with Gasteiger partial charge in [0.05, 0.1) is 28.5 Å². The van der Waals surface area contributed by atoms with E-state index in [2.05, 4.69) is 100.0 Å². The van der Waals surface area contributed by atoms with Crippen LogP contribution in [0, 0.1) is 0 Å². The molecule has 7 heteroatoms. The van der Waals surface area contributed by atoms with Crippen molar-refractivity contribution in [3.8, 4) is 5.75 Å². The first kappa shape index (κ1) is 49.0. The van der Waals surface area contributed by atoms with E-state index in [-0.39, 0.29) is 11.6 Å². The van der Waals surface area contributed by atoms with Crippen LogP contribution in [0.3, 0.4) is 0 Å². The first-order chi connectivity index (χ1) is 31.9. The standard InChI is InChI=1S/C16H16O.C15H15NO.C14H13Cl2N.C14H16O/c1-12(2)14-9-6-10-15(11-14)16(17)13-7-4-3-5-8-13;1-11-9-10-16-13(11)7-8-14(16)15(17)12-5-3-2-4-6-12;1-2-10-6-3-4-9-13(10)17-14-11(15)7-5-8-12(14)16;1-10(2)11-4-5-13-9-14(15-3)7-6-12(13)8-11/h3-12H,1-2H3;2-8,11H,9-10H2,1H3;3-9,17H,2H2,1H3;4-10H,1-3H3. The molecule has 2 heterocycles. The van der Waals surface area contributed by atoms with Gasteiger partial charge in [0.25, 0.3) is 0 Å². The van der Waals surface area contributed by atoms with Gasteiger partial charge in [-0.05, 0) is 107 Å². The van der Waals surface area contributed by atoms with Crippen molar-refractivity contribution in [1.29, 1.82) is 0 Å². The maximum atomic E-state index is 12.4. The second-order valence-corrected chi connectivity index (χ2v) is 17.8. The number of hydrogen-bond acceptors (Lipinski definition) is 4. The van der Waals surface area contributed by atoms with Crippen LogP contribution < -0.4 is 10.1 Å². The largest absolute Gasteiger partial charge is 0.497 e. The molecule has 1 atom stereocenters. The second kappa shape index (κ2) is 23.7. The highest BCUT2D eigenvalue weighted by atomic mass is 35.5. The highest BCUT2D eigenvalue weighted by Crippen LogP contribution is 2.34. The molecule has 1 aromatic heterocycles. The van der Waals surface area contributed by atoms with E-state index in [1.54, 1.807) is 7.11 Å².